The summed E-state index contributed by atoms with van der Waals surface area (Å²) in [6.07, 6.45) is 1.10. The van der Waals surface area contributed by atoms with Gasteiger partial charge in [-0.2, -0.15) is 0 Å². The van der Waals surface area contributed by atoms with Crippen molar-refractivity contribution in [3.63, 3.8) is 0 Å². The Bertz CT molecular complexity index is 1100. The molecule has 30 heavy (non-hydrogen) atoms. The van der Waals surface area contributed by atoms with Gasteiger partial charge in [0.25, 0.3) is 11.6 Å². The van der Waals surface area contributed by atoms with Gasteiger partial charge in [-0.25, -0.2) is 9.69 Å². The van der Waals surface area contributed by atoms with Crippen LogP contribution in [-0.4, -0.2) is 39.3 Å². The molecule has 1 heterocycles. The Kier molecular flexibility index (Phi) is 5.83. The van der Waals surface area contributed by atoms with Crippen molar-refractivity contribution in [2.45, 2.75) is 6.92 Å². The number of hydrogen-bond donors (Lipinski definition) is 3. The molecule has 11 heteroatoms. The van der Waals surface area contributed by atoms with Gasteiger partial charge in [-0.15, -0.1) is 0 Å². The van der Waals surface area contributed by atoms with Gasteiger partial charge in [-0.1, -0.05) is 17.7 Å². The van der Waals surface area contributed by atoms with E-state index in [4.69, 9.17) is 0 Å². The summed E-state index contributed by atoms with van der Waals surface area (Å²) in [4.78, 5) is 47.9. The average molecular weight is 475 g/mol. The lowest BCUT2D eigenvalue weighted by atomic mass is 10.1. The molecule has 0 aromatic heterocycles. The van der Waals surface area contributed by atoms with Crippen molar-refractivity contribution in [1.29, 1.82) is 0 Å². The van der Waals surface area contributed by atoms with Crippen LogP contribution in [0.4, 0.5) is 16.2 Å². The molecule has 4 amide bonds. The third-order valence-corrected chi connectivity index (χ3v) is 4.79. The van der Waals surface area contributed by atoms with E-state index < -0.39 is 29.3 Å². The number of nitrogens with zero attached hydrogens (tertiary/aromatic N) is 2. The first-order valence-electron chi connectivity index (χ1n) is 8.53. The van der Waals surface area contributed by atoms with E-state index in [-0.39, 0.29) is 27.2 Å². The molecule has 0 unspecified atom stereocenters. The van der Waals surface area contributed by atoms with Crippen LogP contribution >= 0.6 is 15.9 Å². The number of imide groups is 1. The van der Waals surface area contributed by atoms with Crippen LogP contribution in [0.25, 0.3) is 6.08 Å². The maximum absolute atomic E-state index is 12.5. The van der Waals surface area contributed by atoms with Crippen LogP contribution in [0, 0.1) is 17.0 Å². The van der Waals surface area contributed by atoms with E-state index in [1.54, 1.807) is 24.3 Å². The standard InChI is InChI=1S/C19H15BrN4O6/c1-10-2-4-12(5-3-10)21-16(25)9-23-18(27)15(22-19(23)28)7-11-6-13(24(29)30)8-14(20)17(11)26/h2-8,26H,9H2,1H3,(H,21,25)(H,22,28)/b15-7+. The quantitative estimate of drug-likeness (QED) is 0.263. The number of benzene rings is 2. The fourth-order valence-corrected chi connectivity index (χ4v) is 3.14. The molecule has 0 bridgehead atoms. The highest BCUT2D eigenvalue weighted by Crippen LogP contribution is 2.34. The molecule has 1 aliphatic rings. The zero-order chi connectivity index (χ0) is 22.0. The number of rotatable bonds is 5. The summed E-state index contributed by atoms with van der Waals surface area (Å²) >= 11 is 3.00. The van der Waals surface area contributed by atoms with E-state index in [2.05, 4.69) is 26.6 Å². The van der Waals surface area contributed by atoms with Crippen LogP contribution < -0.4 is 10.6 Å². The number of aromatic hydroxyl groups is 1. The fourth-order valence-electron chi connectivity index (χ4n) is 2.67. The van der Waals surface area contributed by atoms with Crippen molar-refractivity contribution in [2.24, 2.45) is 0 Å². The van der Waals surface area contributed by atoms with Crippen molar-refractivity contribution in [1.82, 2.24) is 10.2 Å². The minimum Gasteiger partial charge on any atom is -0.506 e. The molecular formula is C19H15BrN4O6. The Hall–Kier alpha value is -3.73. The van der Waals surface area contributed by atoms with E-state index in [9.17, 15) is 29.6 Å². The van der Waals surface area contributed by atoms with Crippen molar-refractivity contribution in [2.75, 3.05) is 11.9 Å². The molecule has 0 atom stereocenters. The summed E-state index contributed by atoms with van der Waals surface area (Å²) < 4.78 is 0.0506. The normalized spacial score (nSPS) is 14.7. The first-order chi connectivity index (χ1) is 14.2. The smallest absolute Gasteiger partial charge is 0.329 e. The molecule has 0 saturated carbocycles. The van der Waals surface area contributed by atoms with Gasteiger partial charge in [-0.05, 0) is 41.1 Å². The number of halogens is 1. The minimum atomic E-state index is -0.825. The van der Waals surface area contributed by atoms with Crippen molar-refractivity contribution in [3.8, 4) is 5.75 Å². The van der Waals surface area contributed by atoms with Gasteiger partial charge < -0.3 is 15.7 Å². The number of nitrogens with one attached hydrogen (secondary N) is 2. The van der Waals surface area contributed by atoms with Gasteiger partial charge in [0.05, 0.1) is 9.40 Å². The van der Waals surface area contributed by atoms with Crippen LogP contribution in [0.15, 0.2) is 46.6 Å². The summed E-state index contributed by atoms with van der Waals surface area (Å²) in [6.45, 7) is 1.37. The monoisotopic (exact) mass is 474 g/mol. The minimum absolute atomic E-state index is 0.0503. The first kappa shape index (κ1) is 21.0. The lowest BCUT2D eigenvalue weighted by molar-refractivity contribution is -0.385. The zero-order valence-corrected chi connectivity index (χ0v) is 17.1. The number of aryl methyl sites for hydroxylation is 1. The van der Waals surface area contributed by atoms with Gasteiger partial charge in [0, 0.05) is 23.4 Å². The van der Waals surface area contributed by atoms with E-state index in [1.165, 1.54) is 0 Å². The van der Waals surface area contributed by atoms with Gasteiger partial charge in [0.2, 0.25) is 5.91 Å². The summed E-state index contributed by atoms with van der Waals surface area (Å²) in [5.41, 5.74) is 0.918. The highest BCUT2D eigenvalue weighted by molar-refractivity contribution is 9.10. The zero-order valence-electron chi connectivity index (χ0n) is 15.5. The van der Waals surface area contributed by atoms with Gasteiger partial charge in [-0.3, -0.25) is 19.7 Å². The molecule has 0 spiro atoms. The lowest BCUT2D eigenvalue weighted by Gasteiger charge is -2.12. The predicted molar refractivity (Wildman–Crippen MR) is 110 cm³/mol. The molecule has 154 valence electrons. The molecule has 3 N–H and O–H groups in total. The third kappa shape index (κ3) is 4.46. The SMILES string of the molecule is Cc1ccc(NC(=O)CN2C(=O)N/C(=C/c3cc([N+](=O)[O-])cc(Br)c3O)C2=O)cc1. The highest BCUT2D eigenvalue weighted by Gasteiger charge is 2.35. The van der Waals surface area contributed by atoms with Crippen molar-refractivity contribution in [3.05, 3.63) is 67.8 Å². The van der Waals surface area contributed by atoms with Crippen LogP contribution in [0.3, 0.4) is 0 Å². The average Bonchev–Trinajstić information content (AvgIpc) is 2.94. The number of amides is 4. The number of urea groups is 1. The van der Waals surface area contributed by atoms with Crippen molar-refractivity contribution >= 4 is 51.2 Å². The lowest BCUT2D eigenvalue weighted by Crippen LogP contribution is -2.38. The Morgan fingerprint density at radius 3 is 2.60 bits per heavy atom. The Morgan fingerprint density at radius 2 is 1.97 bits per heavy atom. The Balaban J connectivity index is 1.78. The predicted octanol–water partition coefficient (Wildman–Crippen LogP) is 2.90. The molecule has 0 radical (unpaired) electrons. The van der Waals surface area contributed by atoms with Crippen LogP contribution in [-0.2, 0) is 9.59 Å². The second-order valence-corrected chi connectivity index (χ2v) is 7.27. The molecule has 2 aromatic rings. The second-order valence-electron chi connectivity index (χ2n) is 6.42. The number of carbonyl (C=O) groups is 3. The van der Waals surface area contributed by atoms with E-state index in [0.29, 0.717) is 10.6 Å². The highest BCUT2D eigenvalue weighted by atomic mass is 79.9. The van der Waals surface area contributed by atoms with E-state index >= 15 is 0 Å². The Labute approximate surface area is 178 Å². The summed E-state index contributed by atoms with van der Waals surface area (Å²) in [5.74, 6) is -1.73. The summed E-state index contributed by atoms with van der Waals surface area (Å²) in [6, 6.07) is 8.31. The van der Waals surface area contributed by atoms with Gasteiger partial charge in [0.15, 0.2) is 0 Å². The fraction of sp³-hybridized carbons (Fsp3) is 0.105. The number of phenolic OH excluding ortho intramolecular Hbond substituents is 1. The number of nitro benzene ring substituents is 1. The molecular weight excluding hydrogens is 460 g/mol. The number of nitro groups is 1. The number of hydrogen-bond acceptors (Lipinski definition) is 6. The number of phenols is 1. The number of carbonyl (C=O) groups excluding carboxylic acids is 3. The molecule has 1 aliphatic heterocycles. The maximum atomic E-state index is 12.5. The van der Waals surface area contributed by atoms with Crippen LogP contribution in [0.2, 0.25) is 0 Å². The first-order valence-corrected chi connectivity index (χ1v) is 9.33. The largest absolute Gasteiger partial charge is 0.506 e. The molecule has 1 fully saturated rings. The molecule has 10 nitrogen and oxygen atoms in total. The molecule has 3 rings (SSSR count). The molecule has 1 saturated heterocycles. The van der Waals surface area contributed by atoms with E-state index in [0.717, 1.165) is 23.8 Å². The van der Waals surface area contributed by atoms with Crippen LogP contribution in [0.1, 0.15) is 11.1 Å². The summed E-state index contributed by atoms with van der Waals surface area (Å²) in [5, 5.41) is 26.0. The van der Waals surface area contributed by atoms with E-state index in [1.807, 2.05) is 6.92 Å². The maximum Gasteiger partial charge on any atom is 0.329 e. The topological polar surface area (TPSA) is 142 Å². The molecule has 0 aliphatic carbocycles. The van der Waals surface area contributed by atoms with Gasteiger partial charge in [0.1, 0.15) is 18.0 Å². The second kappa shape index (κ2) is 8.33. The third-order valence-electron chi connectivity index (χ3n) is 4.19. The Morgan fingerprint density at radius 1 is 1.30 bits per heavy atom. The number of anilines is 1. The molecule has 2 aromatic carbocycles. The van der Waals surface area contributed by atoms with Gasteiger partial charge >= 0.3 is 6.03 Å². The number of non-ortho nitro benzene ring substituents is 1. The summed E-state index contributed by atoms with van der Waals surface area (Å²) in [7, 11) is 0. The van der Waals surface area contributed by atoms with Crippen LogP contribution in [0.5, 0.6) is 5.75 Å². The van der Waals surface area contributed by atoms with Crippen molar-refractivity contribution < 1.29 is 24.4 Å².